The van der Waals surface area contributed by atoms with Crippen molar-refractivity contribution < 1.29 is 23.8 Å². The maximum Gasteiger partial charge on any atom is 0.308 e. The molecule has 0 aliphatic heterocycles. The fraction of sp³-hybridized carbons (Fsp3) is 0.684. The van der Waals surface area contributed by atoms with Crippen molar-refractivity contribution in [1.29, 1.82) is 0 Å². The smallest absolute Gasteiger partial charge is 0.308 e. The van der Waals surface area contributed by atoms with E-state index in [-0.39, 0.29) is 29.3 Å². The molecule has 1 fully saturated rings. The molecule has 0 aromatic carbocycles. The molecule has 1 aromatic rings. The Morgan fingerprint density at radius 1 is 1.42 bits per heavy atom. The van der Waals surface area contributed by atoms with Gasteiger partial charge in [0.15, 0.2) is 5.76 Å². The van der Waals surface area contributed by atoms with E-state index in [0.717, 1.165) is 12.0 Å². The third kappa shape index (κ3) is 2.25. The molecule has 1 N–H and O–H groups in total. The van der Waals surface area contributed by atoms with Crippen LogP contribution in [0.5, 0.6) is 0 Å². The number of furan rings is 1. The van der Waals surface area contributed by atoms with Crippen LogP contribution in [0.1, 0.15) is 68.3 Å². The largest absolute Gasteiger partial charge is 0.461 e. The van der Waals surface area contributed by atoms with Gasteiger partial charge in [0.2, 0.25) is 5.78 Å². The van der Waals surface area contributed by atoms with Gasteiger partial charge in [0.1, 0.15) is 6.10 Å². The van der Waals surface area contributed by atoms with Gasteiger partial charge in [0.05, 0.1) is 24.2 Å². The first kappa shape index (κ1) is 17.2. The first-order valence-corrected chi connectivity index (χ1v) is 8.70. The molecule has 0 saturated heterocycles. The number of hydrogen-bond donors (Lipinski definition) is 1. The number of aryl methyl sites for hydroxylation is 1. The van der Waals surface area contributed by atoms with E-state index in [2.05, 4.69) is 6.92 Å². The quantitative estimate of drug-likeness (QED) is 0.838. The topological polar surface area (TPSA) is 76.7 Å². The fourth-order valence-corrected chi connectivity index (χ4v) is 4.34. The van der Waals surface area contributed by atoms with Crippen LogP contribution in [0.2, 0.25) is 0 Å². The number of esters is 1. The number of aliphatic hydroxyl groups excluding tert-OH is 1. The van der Waals surface area contributed by atoms with Gasteiger partial charge in [-0.3, -0.25) is 9.59 Å². The lowest BCUT2D eigenvalue weighted by Crippen LogP contribution is -2.56. The van der Waals surface area contributed by atoms with Crippen molar-refractivity contribution in [2.24, 2.45) is 23.2 Å². The lowest BCUT2D eigenvalue weighted by molar-refractivity contribution is -0.169. The molecule has 1 saturated carbocycles. The van der Waals surface area contributed by atoms with E-state index in [1.807, 2.05) is 13.8 Å². The van der Waals surface area contributed by atoms with Gasteiger partial charge < -0.3 is 14.3 Å². The van der Waals surface area contributed by atoms with Crippen LogP contribution < -0.4 is 0 Å². The minimum Gasteiger partial charge on any atom is -0.461 e. The van der Waals surface area contributed by atoms with Crippen molar-refractivity contribution in [1.82, 2.24) is 0 Å². The van der Waals surface area contributed by atoms with Crippen LogP contribution in [0.4, 0.5) is 0 Å². The standard InChI is InChI=1S/C19H26O5/c1-9(2)18(22)24-12-7-6-11(4)19(5)14(12)15(20)16-13(17(19)21)10(3)8-23-16/h8-9,11-12,14,17,21H,6-7H2,1-5H3. The predicted molar refractivity (Wildman–Crippen MR) is 87.4 cm³/mol. The van der Waals surface area contributed by atoms with E-state index in [9.17, 15) is 14.7 Å². The Morgan fingerprint density at radius 2 is 2.08 bits per heavy atom. The van der Waals surface area contributed by atoms with Crippen LogP contribution in [0.3, 0.4) is 0 Å². The summed E-state index contributed by atoms with van der Waals surface area (Å²) >= 11 is 0. The summed E-state index contributed by atoms with van der Waals surface area (Å²) in [7, 11) is 0. The van der Waals surface area contributed by atoms with Crippen molar-refractivity contribution >= 4 is 11.8 Å². The first-order valence-electron chi connectivity index (χ1n) is 8.70. The molecule has 5 nitrogen and oxygen atoms in total. The van der Waals surface area contributed by atoms with Crippen molar-refractivity contribution in [2.75, 3.05) is 0 Å². The highest BCUT2D eigenvalue weighted by Crippen LogP contribution is 2.58. The van der Waals surface area contributed by atoms with Crippen molar-refractivity contribution in [3.05, 3.63) is 23.2 Å². The normalized spacial score (nSPS) is 35.5. The minimum absolute atomic E-state index is 0.137. The second-order valence-electron chi connectivity index (χ2n) is 7.88. The molecule has 0 radical (unpaired) electrons. The highest BCUT2D eigenvalue weighted by molar-refractivity contribution is 5.99. The van der Waals surface area contributed by atoms with E-state index in [0.29, 0.717) is 12.0 Å². The Labute approximate surface area is 142 Å². The lowest BCUT2D eigenvalue weighted by Gasteiger charge is -2.53. The average molecular weight is 334 g/mol. The van der Waals surface area contributed by atoms with Crippen LogP contribution >= 0.6 is 0 Å². The van der Waals surface area contributed by atoms with E-state index in [4.69, 9.17) is 9.15 Å². The summed E-state index contributed by atoms with van der Waals surface area (Å²) in [5.41, 5.74) is 0.722. The summed E-state index contributed by atoms with van der Waals surface area (Å²) in [6.07, 6.45) is 1.64. The van der Waals surface area contributed by atoms with Crippen molar-refractivity contribution in [2.45, 2.75) is 59.7 Å². The van der Waals surface area contributed by atoms with E-state index < -0.39 is 23.5 Å². The number of hydrogen-bond acceptors (Lipinski definition) is 5. The number of ether oxygens (including phenoxy) is 1. The highest BCUT2D eigenvalue weighted by atomic mass is 16.5. The molecular formula is C19H26O5. The number of carbonyl (C=O) groups excluding carboxylic acids is 2. The fourth-order valence-electron chi connectivity index (χ4n) is 4.34. The number of fused-ring (bicyclic) bond motifs is 2. The summed E-state index contributed by atoms with van der Waals surface area (Å²) in [6.45, 7) is 9.39. The average Bonchev–Trinajstić information content (AvgIpc) is 2.90. The Balaban J connectivity index is 2.06. The summed E-state index contributed by atoms with van der Waals surface area (Å²) < 4.78 is 11.1. The molecule has 5 heteroatoms. The van der Waals surface area contributed by atoms with Crippen LogP contribution in [0.15, 0.2) is 10.7 Å². The van der Waals surface area contributed by atoms with Gasteiger partial charge in [-0.25, -0.2) is 0 Å². The summed E-state index contributed by atoms with van der Waals surface area (Å²) in [5.74, 6) is -0.919. The van der Waals surface area contributed by atoms with Crippen LogP contribution in [0.25, 0.3) is 0 Å². The summed E-state index contributed by atoms with van der Waals surface area (Å²) in [4.78, 5) is 25.2. The van der Waals surface area contributed by atoms with Crippen molar-refractivity contribution in [3.63, 3.8) is 0 Å². The number of rotatable bonds is 2. The Morgan fingerprint density at radius 3 is 2.71 bits per heavy atom. The zero-order valence-electron chi connectivity index (χ0n) is 15.0. The molecule has 1 heterocycles. The molecule has 2 aliphatic carbocycles. The molecule has 3 rings (SSSR count). The van der Waals surface area contributed by atoms with Crippen LogP contribution in [-0.4, -0.2) is 23.0 Å². The molecule has 0 spiro atoms. The Bertz CT molecular complexity index is 673. The van der Waals surface area contributed by atoms with Crippen molar-refractivity contribution in [3.8, 4) is 0 Å². The Kier molecular flexibility index (Phi) is 4.11. The van der Waals surface area contributed by atoms with Gasteiger partial charge >= 0.3 is 5.97 Å². The van der Waals surface area contributed by atoms with E-state index >= 15 is 0 Å². The SMILES string of the molecule is Cc1coc2c1C(O)C1(C)C(C)CCC(OC(=O)C(C)C)C1C2=O. The summed E-state index contributed by atoms with van der Waals surface area (Å²) in [5, 5.41) is 11.1. The molecule has 132 valence electrons. The third-order valence-electron chi connectivity index (χ3n) is 6.12. The molecule has 5 atom stereocenters. The van der Waals surface area contributed by atoms with Gasteiger partial charge in [-0.2, -0.15) is 0 Å². The van der Waals surface area contributed by atoms with E-state index in [1.165, 1.54) is 6.26 Å². The maximum absolute atomic E-state index is 13.1. The highest BCUT2D eigenvalue weighted by Gasteiger charge is 2.60. The van der Waals surface area contributed by atoms with Crippen LogP contribution in [0, 0.1) is 30.1 Å². The van der Waals surface area contributed by atoms with Gasteiger partial charge in [0.25, 0.3) is 0 Å². The van der Waals surface area contributed by atoms with Gasteiger partial charge in [-0.1, -0.05) is 27.7 Å². The molecule has 2 aliphatic rings. The maximum atomic E-state index is 13.1. The van der Waals surface area contributed by atoms with Gasteiger partial charge in [-0.05, 0) is 31.2 Å². The molecular weight excluding hydrogens is 308 g/mol. The zero-order valence-corrected chi connectivity index (χ0v) is 15.0. The summed E-state index contributed by atoms with van der Waals surface area (Å²) in [6, 6.07) is 0. The molecule has 5 unspecified atom stereocenters. The van der Waals surface area contributed by atoms with Gasteiger partial charge in [-0.15, -0.1) is 0 Å². The number of carbonyl (C=O) groups is 2. The zero-order chi connectivity index (χ0) is 17.8. The van der Waals surface area contributed by atoms with Gasteiger partial charge in [0, 0.05) is 11.0 Å². The number of aliphatic hydroxyl groups is 1. The minimum atomic E-state index is -0.801. The Hall–Kier alpha value is -1.62. The molecule has 1 aromatic heterocycles. The van der Waals surface area contributed by atoms with Crippen LogP contribution in [-0.2, 0) is 9.53 Å². The molecule has 0 bridgehead atoms. The lowest BCUT2D eigenvalue weighted by atomic mass is 9.53. The van der Waals surface area contributed by atoms with E-state index in [1.54, 1.807) is 13.8 Å². The third-order valence-corrected chi connectivity index (χ3v) is 6.12. The monoisotopic (exact) mass is 334 g/mol. The molecule has 24 heavy (non-hydrogen) atoms. The number of ketones is 1. The second-order valence-corrected chi connectivity index (χ2v) is 7.88. The first-order chi connectivity index (χ1) is 11.2. The molecule has 0 amide bonds. The second kappa shape index (κ2) is 5.73. The predicted octanol–water partition coefficient (Wildman–Crippen LogP) is 3.44. The number of Topliss-reactive ketones (excluding diaryl/α,β-unsaturated/α-hetero) is 1.